The van der Waals surface area contributed by atoms with E-state index < -0.39 is 24.4 Å². The number of hydrogen-bond donors (Lipinski definition) is 2. The monoisotopic (exact) mass is 497 g/mol. The molecule has 0 fully saturated rings. The Morgan fingerprint density at radius 1 is 1.06 bits per heavy atom. The Bertz CT molecular complexity index is 1150. The van der Waals surface area contributed by atoms with E-state index in [2.05, 4.69) is 5.32 Å². The summed E-state index contributed by atoms with van der Waals surface area (Å²) in [5.74, 6) is -2.56. The molecule has 0 unspecified atom stereocenters. The van der Waals surface area contributed by atoms with Gasteiger partial charge in [0.15, 0.2) is 6.61 Å². The molecule has 5 nitrogen and oxygen atoms in total. The largest absolute Gasteiger partial charge is 0.487 e. The second kappa shape index (κ2) is 10.9. The number of fused-ring (bicyclic) bond motifs is 1. The minimum Gasteiger partial charge on any atom is -0.487 e. The van der Waals surface area contributed by atoms with Crippen molar-refractivity contribution in [3.8, 4) is 11.5 Å². The first-order valence-electron chi connectivity index (χ1n) is 12.1. The molecular weight excluding hydrogens is 464 g/mol. The van der Waals surface area contributed by atoms with Crippen LogP contribution in [0.5, 0.6) is 11.5 Å². The number of aliphatic hydroxyl groups is 1. The molecule has 0 spiro atoms. The zero-order valence-corrected chi connectivity index (χ0v) is 20.8. The Morgan fingerprint density at radius 2 is 1.83 bits per heavy atom. The van der Waals surface area contributed by atoms with Gasteiger partial charge in [-0.1, -0.05) is 48.5 Å². The fourth-order valence-corrected chi connectivity index (χ4v) is 4.12. The predicted octanol–water partition coefficient (Wildman–Crippen LogP) is 5.76. The number of halogens is 2. The molecule has 3 aromatic carbocycles. The normalized spacial score (nSPS) is 16.5. The molecule has 4 rings (SSSR count). The van der Waals surface area contributed by atoms with Gasteiger partial charge < -0.3 is 24.6 Å². The van der Waals surface area contributed by atoms with Crippen LogP contribution < -0.4 is 14.8 Å². The first-order valence-corrected chi connectivity index (χ1v) is 12.1. The maximum atomic E-state index is 14.4. The van der Waals surface area contributed by atoms with Crippen LogP contribution in [0.1, 0.15) is 49.1 Å². The number of benzene rings is 3. The van der Waals surface area contributed by atoms with Crippen LogP contribution in [0, 0.1) is 0 Å². The van der Waals surface area contributed by atoms with Gasteiger partial charge in [-0.3, -0.25) is 0 Å². The molecule has 7 heteroatoms. The quantitative estimate of drug-likeness (QED) is 0.373. The van der Waals surface area contributed by atoms with Crippen molar-refractivity contribution in [2.24, 2.45) is 0 Å². The number of nitrogens with one attached hydrogen (secondary N) is 1. The molecule has 0 saturated carbocycles. The molecular formula is C29H33F2NO4. The molecule has 0 amide bonds. The van der Waals surface area contributed by atoms with Crippen LogP contribution in [-0.4, -0.2) is 30.1 Å². The van der Waals surface area contributed by atoms with Gasteiger partial charge in [0.25, 0.3) is 0 Å². The van der Waals surface area contributed by atoms with Crippen molar-refractivity contribution in [1.82, 2.24) is 5.32 Å². The average Bonchev–Trinajstić information content (AvgIpc) is 2.86. The maximum absolute atomic E-state index is 14.4. The molecule has 1 aliphatic heterocycles. The summed E-state index contributed by atoms with van der Waals surface area (Å²) in [4.78, 5) is 0. The third kappa shape index (κ3) is 6.81. The third-order valence-electron chi connectivity index (χ3n) is 6.12. The number of hydrogen-bond acceptors (Lipinski definition) is 5. The molecule has 0 aliphatic carbocycles. The molecule has 1 heterocycles. The van der Waals surface area contributed by atoms with E-state index in [0.29, 0.717) is 25.3 Å². The Kier molecular flexibility index (Phi) is 7.93. The highest BCUT2D eigenvalue weighted by Gasteiger charge is 2.32. The second-order valence-corrected chi connectivity index (χ2v) is 9.69. The average molecular weight is 498 g/mol. The van der Waals surface area contributed by atoms with Crippen LogP contribution in [-0.2, 0) is 23.7 Å². The molecule has 3 aromatic rings. The van der Waals surface area contributed by atoms with Crippen molar-refractivity contribution in [3.05, 3.63) is 95.1 Å². The van der Waals surface area contributed by atoms with Gasteiger partial charge in [0, 0.05) is 37.6 Å². The van der Waals surface area contributed by atoms with Crippen molar-refractivity contribution in [3.63, 3.8) is 0 Å². The lowest BCUT2D eigenvalue weighted by Gasteiger charge is -2.33. The van der Waals surface area contributed by atoms with E-state index in [1.54, 1.807) is 36.4 Å². The molecule has 0 saturated heterocycles. The van der Waals surface area contributed by atoms with E-state index in [4.69, 9.17) is 14.2 Å². The van der Waals surface area contributed by atoms with Gasteiger partial charge in [0.05, 0.1) is 12.7 Å². The Labute approximate surface area is 211 Å². The standard InChI is InChI=1S/C29H33F2NO4/c1-20(32-17-26(33)22-12-13-27-23(16-22)18-35-28(2,3)36-27)14-21-8-7-11-25(15-21)34-19-29(30,31)24-9-5-4-6-10-24/h4-13,15-16,20,26,32-33H,14,17-19H2,1-3H3/t20-,26+/m1/s1. The topological polar surface area (TPSA) is 60.0 Å². The molecule has 2 atom stereocenters. The van der Waals surface area contributed by atoms with E-state index in [0.717, 1.165) is 22.4 Å². The fourth-order valence-electron chi connectivity index (χ4n) is 4.12. The van der Waals surface area contributed by atoms with E-state index in [-0.39, 0.29) is 11.6 Å². The smallest absolute Gasteiger partial charge is 0.306 e. The van der Waals surface area contributed by atoms with E-state index in [1.807, 2.05) is 45.0 Å². The zero-order chi connectivity index (χ0) is 25.8. The van der Waals surface area contributed by atoms with Crippen molar-refractivity contribution in [2.45, 2.75) is 57.7 Å². The lowest BCUT2D eigenvalue weighted by atomic mass is 10.0. The Hall–Kier alpha value is -3.00. The van der Waals surface area contributed by atoms with Gasteiger partial charge in [0.2, 0.25) is 5.79 Å². The van der Waals surface area contributed by atoms with E-state index >= 15 is 0 Å². The number of aliphatic hydroxyl groups excluding tert-OH is 1. The molecule has 36 heavy (non-hydrogen) atoms. The molecule has 192 valence electrons. The van der Waals surface area contributed by atoms with Crippen LogP contribution in [0.15, 0.2) is 72.8 Å². The molecule has 0 radical (unpaired) electrons. The van der Waals surface area contributed by atoms with Crippen molar-refractivity contribution < 1.29 is 28.1 Å². The molecule has 0 aromatic heterocycles. The van der Waals surface area contributed by atoms with Crippen molar-refractivity contribution >= 4 is 0 Å². The lowest BCUT2D eigenvalue weighted by molar-refractivity contribution is -0.180. The molecule has 2 N–H and O–H groups in total. The highest BCUT2D eigenvalue weighted by molar-refractivity contribution is 5.39. The Morgan fingerprint density at radius 3 is 2.61 bits per heavy atom. The summed E-state index contributed by atoms with van der Waals surface area (Å²) >= 11 is 0. The fraction of sp³-hybridized carbons (Fsp3) is 0.379. The summed E-state index contributed by atoms with van der Waals surface area (Å²) in [6, 6.07) is 20.5. The van der Waals surface area contributed by atoms with Gasteiger partial charge >= 0.3 is 5.92 Å². The van der Waals surface area contributed by atoms with Crippen LogP contribution >= 0.6 is 0 Å². The highest BCUT2D eigenvalue weighted by atomic mass is 19.3. The predicted molar refractivity (Wildman–Crippen MR) is 134 cm³/mol. The Balaban J connectivity index is 1.28. The SMILES string of the molecule is C[C@H](Cc1cccc(OCC(F)(F)c2ccccc2)c1)NC[C@H](O)c1ccc2c(c1)COC(C)(C)O2. The van der Waals surface area contributed by atoms with Crippen molar-refractivity contribution in [1.29, 1.82) is 0 Å². The first kappa shape index (κ1) is 26.1. The van der Waals surface area contributed by atoms with Gasteiger partial charge in [-0.25, -0.2) is 0 Å². The first-order chi connectivity index (χ1) is 17.1. The summed E-state index contributed by atoms with van der Waals surface area (Å²) < 4.78 is 45.8. The van der Waals surface area contributed by atoms with Crippen LogP contribution in [0.3, 0.4) is 0 Å². The summed E-state index contributed by atoms with van der Waals surface area (Å²) in [5, 5.41) is 14.0. The maximum Gasteiger partial charge on any atom is 0.306 e. The second-order valence-electron chi connectivity index (χ2n) is 9.69. The molecule has 0 bridgehead atoms. The van der Waals surface area contributed by atoms with Gasteiger partial charge in [0.1, 0.15) is 11.5 Å². The van der Waals surface area contributed by atoms with Crippen LogP contribution in [0.2, 0.25) is 0 Å². The number of alkyl halides is 2. The van der Waals surface area contributed by atoms with Gasteiger partial charge in [-0.2, -0.15) is 8.78 Å². The third-order valence-corrected chi connectivity index (χ3v) is 6.12. The van der Waals surface area contributed by atoms with E-state index in [9.17, 15) is 13.9 Å². The minimum atomic E-state index is -3.08. The van der Waals surface area contributed by atoms with Gasteiger partial charge in [-0.15, -0.1) is 0 Å². The van der Waals surface area contributed by atoms with Crippen LogP contribution in [0.25, 0.3) is 0 Å². The zero-order valence-electron chi connectivity index (χ0n) is 20.8. The summed E-state index contributed by atoms with van der Waals surface area (Å²) in [5.41, 5.74) is 2.58. The van der Waals surface area contributed by atoms with E-state index in [1.165, 1.54) is 12.1 Å². The number of rotatable bonds is 10. The summed E-state index contributed by atoms with van der Waals surface area (Å²) in [7, 11) is 0. The minimum absolute atomic E-state index is 0.0470. The highest BCUT2D eigenvalue weighted by Crippen LogP contribution is 2.33. The lowest BCUT2D eigenvalue weighted by Crippen LogP contribution is -2.35. The summed E-state index contributed by atoms with van der Waals surface area (Å²) in [6.45, 7) is 5.82. The number of ether oxygens (including phenoxy) is 3. The summed E-state index contributed by atoms with van der Waals surface area (Å²) in [6.07, 6.45) is -0.0393. The van der Waals surface area contributed by atoms with Crippen LogP contribution in [0.4, 0.5) is 8.78 Å². The molecule has 1 aliphatic rings. The van der Waals surface area contributed by atoms with Gasteiger partial charge in [-0.05, 0) is 48.7 Å². The van der Waals surface area contributed by atoms with Crippen molar-refractivity contribution in [2.75, 3.05) is 13.2 Å².